The maximum absolute atomic E-state index is 11.9. The second kappa shape index (κ2) is 6.37. The molecule has 0 saturated carbocycles. The minimum atomic E-state index is -2.46. The van der Waals surface area contributed by atoms with Crippen LogP contribution in [-0.2, 0) is 0 Å². The Bertz CT molecular complexity index is 299. The topological polar surface area (TPSA) is 34.1 Å². The van der Waals surface area contributed by atoms with Gasteiger partial charge >= 0.3 is 0 Å². The number of pyridine rings is 1. The summed E-state index contributed by atoms with van der Waals surface area (Å²) in [5, 5.41) is 3.11. The van der Waals surface area contributed by atoms with Crippen molar-refractivity contribution in [2.45, 2.75) is 25.8 Å². The molecule has 5 heteroatoms. The third kappa shape index (κ3) is 3.73. The van der Waals surface area contributed by atoms with Crippen LogP contribution < -0.4 is 10.1 Å². The summed E-state index contributed by atoms with van der Waals surface area (Å²) in [4.78, 5) is 4.17. The van der Waals surface area contributed by atoms with E-state index >= 15 is 0 Å². The van der Waals surface area contributed by atoms with Crippen molar-refractivity contribution in [3.63, 3.8) is 0 Å². The van der Waals surface area contributed by atoms with Crippen LogP contribution in [0.1, 0.15) is 25.1 Å². The van der Waals surface area contributed by atoms with Crippen LogP contribution in [0.5, 0.6) is 5.75 Å². The van der Waals surface area contributed by atoms with Gasteiger partial charge < -0.3 is 10.1 Å². The highest BCUT2D eigenvalue weighted by Gasteiger charge is 2.08. The molecule has 1 aromatic heterocycles. The molecule has 0 fully saturated rings. The maximum atomic E-state index is 11.9. The number of halogens is 2. The first-order valence-corrected chi connectivity index (χ1v) is 5.21. The first-order valence-electron chi connectivity index (χ1n) is 5.21. The molecule has 0 aliphatic rings. The fraction of sp³-hybridized carbons (Fsp3) is 0.545. The monoisotopic (exact) mass is 230 g/mol. The van der Waals surface area contributed by atoms with Crippen molar-refractivity contribution < 1.29 is 13.5 Å². The minimum absolute atomic E-state index is 0.184. The third-order valence-electron chi connectivity index (χ3n) is 2.25. The van der Waals surface area contributed by atoms with Crippen molar-refractivity contribution in [2.24, 2.45) is 0 Å². The van der Waals surface area contributed by atoms with Crippen molar-refractivity contribution >= 4 is 0 Å². The van der Waals surface area contributed by atoms with E-state index in [1.54, 1.807) is 12.1 Å². The SMILES string of the molecule is CCC(NC)c1ccc(OCC(F)F)cn1. The van der Waals surface area contributed by atoms with E-state index in [0.717, 1.165) is 12.1 Å². The van der Waals surface area contributed by atoms with Crippen LogP contribution in [0, 0.1) is 0 Å². The number of aromatic nitrogens is 1. The van der Waals surface area contributed by atoms with E-state index in [4.69, 9.17) is 4.74 Å². The molecule has 0 aliphatic carbocycles. The highest BCUT2D eigenvalue weighted by molar-refractivity contribution is 5.21. The lowest BCUT2D eigenvalue weighted by atomic mass is 10.1. The predicted molar refractivity (Wildman–Crippen MR) is 57.8 cm³/mol. The molecule has 1 rings (SSSR count). The van der Waals surface area contributed by atoms with Gasteiger partial charge in [-0.25, -0.2) is 8.78 Å². The number of hydrogen-bond acceptors (Lipinski definition) is 3. The normalized spacial score (nSPS) is 12.8. The summed E-state index contributed by atoms with van der Waals surface area (Å²) >= 11 is 0. The van der Waals surface area contributed by atoms with Gasteiger partial charge in [-0.2, -0.15) is 0 Å². The second-order valence-electron chi connectivity index (χ2n) is 3.37. The molecule has 0 aliphatic heterocycles. The summed E-state index contributed by atoms with van der Waals surface area (Å²) in [5.74, 6) is 0.370. The van der Waals surface area contributed by atoms with Crippen molar-refractivity contribution in [1.29, 1.82) is 0 Å². The summed E-state index contributed by atoms with van der Waals surface area (Å²) in [7, 11) is 1.86. The quantitative estimate of drug-likeness (QED) is 0.814. The van der Waals surface area contributed by atoms with Crippen LogP contribution in [-0.4, -0.2) is 25.1 Å². The summed E-state index contributed by atoms with van der Waals surface area (Å²) in [6.45, 7) is 1.45. The fourth-order valence-electron chi connectivity index (χ4n) is 1.40. The lowest BCUT2D eigenvalue weighted by Crippen LogP contribution is -2.16. The molecule has 0 spiro atoms. The zero-order valence-corrected chi connectivity index (χ0v) is 9.41. The van der Waals surface area contributed by atoms with Crippen LogP contribution >= 0.6 is 0 Å². The molecule has 1 aromatic rings. The molecule has 0 radical (unpaired) electrons. The van der Waals surface area contributed by atoms with Crippen molar-refractivity contribution in [3.05, 3.63) is 24.0 Å². The Hall–Kier alpha value is -1.23. The second-order valence-corrected chi connectivity index (χ2v) is 3.37. The maximum Gasteiger partial charge on any atom is 0.272 e. The van der Waals surface area contributed by atoms with Gasteiger partial charge in [-0.15, -0.1) is 0 Å². The molecule has 3 nitrogen and oxygen atoms in total. The molecule has 0 bridgehead atoms. The van der Waals surface area contributed by atoms with Gasteiger partial charge in [-0.3, -0.25) is 4.98 Å². The van der Waals surface area contributed by atoms with Crippen molar-refractivity contribution in [3.8, 4) is 5.75 Å². The van der Waals surface area contributed by atoms with Gasteiger partial charge in [0.15, 0.2) is 0 Å². The van der Waals surface area contributed by atoms with Gasteiger partial charge in [0.2, 0.25) is 0 Å². The Morgan fingerprint density at radius 2 is 2.19 bits per heavy atom. The number of ether oxygens (including phenoxy) is 1. The number of hydrogen-bond donors (Lipinski definition) is 1. The van der Waals surface area contributed by atoms with Gasteiger partial charge in [-0.05, 0) is 25.6 Å². The number of rotatable bonds is 6. The summed E-state index contributed by atoms with van der Waals surface area (Å²) in [6.07, 6.45) is -0.0706. The molecule has 90 valence electrons. The van der Waals surface area contributed by atoms with Crippen molar-refractivity contribution in [1.82, 2.24) is 10.3 Å². The molecule has 1 N–H and O–H groups in total. The average Bonchev–Trinajstić information content (AvgIpc) is 2.29. The van der Waals surface area contributed by atoms with E-state index in [-0.39, 0.29) is 6.04 Å². The molecular weight excluding hydrogens is 214 g/mol. The Morgan fingerprint density at radius 3 is 2.62 bits per heavy atom. The Kier molecular flexibility index (Phi) is 5.11. The zero-order valence-electron chi connectivity index (χ0n) is 9.41. The molecular formula is C11H16F2N2O. The first-order chi connectivity index (χ1) is 7.67. The van der Waals surface area contributed by atoms with Crippen molar-refractivity contribution in [2.75, 3.05) is 13.7 Å². The van der Waals surface area contributed by atoms with Gasteiger partial charge in [0, 0.05) is 6.04 Å². The molecule has 0 aromatic carbocycles. The zero-order chi connectivity index (χ0) is 12.0. The third-order valence-corrected chi connectivity index (χ3v) is 2.25. The molecule has 1 heterocycles. The summed E-state index contributed by atoms with van der Waals surface area (Å²) in [5.41, 5.74) is 0.884. The van der Waals surface area contributed by atoms with E-state index in [1.165, 1.54) is 6.20 Å². The van der Waals surface area contributed by atoms with Crippen LogP contribution in [0.15, 0.2) is 18.3 Å². The lowest BCUT2D eigenvalue weighted by molar-refractivity contribution is 0.0817. The number of nitrogens with zero attached hydrogens (tertiary/aromatic N) is 1. The van der Waals surface area contributed by atoms with E-state index in [1.807, 2.05) is 14.0 Å². The van der Waals surface area contributed by atoms with Crippen LogP contribution in [0.25, 0.3) is 0 Å². The minimum Gasteiger partial charge on any atom is -0.486 e. The van der Waals surface area contributed by atoms with Gasteiger partial charge in [0.25, 0.3) is 6.43 Å². The molecule has 0 saturated heterocycles. The van der Waals surface area contributed by atoms with E-state index < -0.39 is 13.0 Å². The summed E-state index contributed by atoms with van der Waals surface area (Å²) in [6, 6.07) is 3.63. The molecule has 1 atom stereocenters. The van der Waals surface area contributed by atoms with Gasteiger partial charge in [0.1, 0.15) is 12.4 Å². The highest BCUT2D eigenvalue weighted by Crippen LogP contribution is 2.17. The number of alkyl halides is 2. The first kappa shape index (κ1) is 12.8. The lowest BCUT2D eigenvalue weighted by Gasteiger charge is -2.13. The van der Waals surface area contributed by atoms with Crippen LogP contribution in [0.2, 0.25) is 0 Å². The van der Waals surface area contributed by atoms with Crippen LogP contribution in [0.3, 0.4) is 0 Å². The standard InChI is InChI=1S/C11H16F2N2O/c1-3-9(14-2)10-5-4-8(6-15-10)16-7-11(12)13/h4-6,9,11,14H,3,7H2,1-2H3. The van der Waals surface area contributed by atoms with E-state index in [2.05, 4.69) is 10.3 Å². The largest absolute Gasteiger partial charge is 0.486 e. The van der Waals surface area contributed by atoms with Gasteiger partial charge in [-0.1, -0.05) is 6.92 Å². The fourth-order valence-corrected chi connectivity index (χ4v) is 1.40. The Morgan fingerprint density at radius 1 is 1.44 bits per heavy atom. The Labute approximate surface area is 93.8 Å². The predicted octanol–water partition coefficient (Wildman–Crippen LogP) is 2.40. The molecule has 0 amide bonds. The van der Waals surface area contributed by atoms with Crippen LogP contribution in [0.4, 0.5) is 8.78 Å². The summed E-state index contributed by atoms with van der Waals surface area (Å²) < 4.78 is 28.6. The molecule has 1 unspecified atom stereocenters. The highest BCUT2D eigenvalue weighted by atomic mass is 19.3. The number of nitrogens with one attached hydrogen (secondary N) is 1. The Balaban J connectivity index is 2.60. The van der Waals surface area contributed by atoms with E-state index in [9.17, 15) is 8.78 Å². The van der Waals surface area contributed by atoms with E-state index in [0.29, 0.717) is 5.75 Å². The van der Waals surface area contributed by atoms with Gasteiger partial charge in [0.05, 0.1) is 11.9 Å². The molecule has 16 heavy (non-hydrogen) atoms. The smallest absolute Gasteiger partial charge is 0.272 e. The average molecular weight is 230 g/mol.